The summed E-state index contributed by atoms with van der Waals surface area (Å²) in [6.07, 6.45) is 8.73. The number of aromatic nitrogens is 2. The number of benzene rings is 4. The molecule has 0 fully saturated rings. The van der Waals surface area contributed by atoms with Gasteiger partial charge in [-0.25, -0.2) is 0 Å². The molecule has 0 bridgehead atoms. The molecular weight excluding hydrogens is 340 g/mol. The highest BCUT2D eigenvalue weighted by atomic mass is 15.1. The van der Waals surface area contributed by atoms with Crippen LogP contribution in [-0.4, -0.2) is 10.2 Å². The van der Waals surface area contributed by atoms with Crippen molar-refractivity contribution in [3.8, 4) is 0 Å². The molecule has 4 aromatic carbocycles. The predicted octanol–water partition coefficient (Wildman–Crippen LogP) is 6.50. The van der Waals surface area contributed by atoms with Gasteiger partial charge in [0.1, 0.15) is 0 Å². The summed E-state index contributed by atoms with van der Waals surface area (Å²) >= 11 is 0. The maximum atomic E-state index is 3.76. The standard InChI is InChI=1S/C18H16.C8H6N2/c1-3-7-15-13(5-1)9-11-18-16-8-4-2-6-14(16)10-12-17(15)18;1-2-4-8-6-10-9-5-7(8)3-1/h1,3,5,7,9-12H,2,4,6,8H2;1-6H. The van der Waals surface area contributed by atoms with Gasteiger partial charge in [-0.15, -0.1) is 0 Å². The van der Waals surface area contributed by atoms with Crippen molar-refractivity contribution in [1.82, 2.24) is 10.2 Å². The first-order valence-corrected chi connectivity index (χ1v) is 9.98. The van der Waals surface area contributed by atoms with E-state index < -0.39 is 0 Å². The van der Waals surface area contributed by atoms with Gasteiger partial charge >= 0.3 is 0 Å². The Hall–Kier alpha value is -3.26. The first-order valence-electron chi connectivity index (χ1n) is 9.98. The van der Waals surface area contributed by atoms with Crippen molar-refractivity contribution in [2.24, 2.45) is 0 Å². The zero-order valence-electron chi connectivity index (χ0n) is 15.8. The maximum absolute atomic E-state index is 3.76. The van der Waals surface area contributed by atoms with Crippen molar-refractivity contribution < 1.29 is 0 Å². The Bertz CT molecular complexity index is 1210. The van der Waals surface area contributed by atoms with E-state index in [9.17, 15) is 0 Å². The monoisotopic (exact) mass is 362 g/mol. The molecule has 0 radical (unpaired) electrons. The van der Waals surface area contributed by atoms with Crippen LogP contribution in [0.2, 0.25) is 0 Å². The van der Waals surface area contributed by atoms with Crippen molar-refractivity contribution in [2.45, 2.75) is 25.7 Å². The quantitative estimate of drug-likeness (QED) is 0.294. The molecule has 0 aliphatic heterocycles. The highest BCUT2D eigenvalue weighted by Crippen LogP contribution is 2.33. The van der Waals surface area contributed by atoms with Gasteiger partial charge < -0.3 is 0 Å². The smallest absolute Gasteiger partial charge is 0.0574 e. The zero-order chi connectivity index (χ0) is 18.8. The molecular formula is C26H22N2. The first kappa shape index (κ1) is 16.9. The number of hydrogen-bond donors (Lipinski definition) is 0. The highest BCUT2D eigenvalue weighted by molar-refractivity contribution is 6.08. The van der Waals surface area contributed by atoms with Crippen LogP contribution in [0.3, 0.4) is 0 Å². The van der Waals surface area contributed by atoms with Crippen molar-refractivity contribution >= 4 is 32.3 Å². The molecule has 2 nitrogen and oxygen atoms in total. The second kappa shape index (κ2) is 7.40. The largest absolute Gasteiger partial charge is 0.158 e. The highest BCUT2D eigenvalue weighted by Gasteiger charge is 2.13. The SMILES string of the molecule is c1ccc2c(c1)ccc1c3c(ccc12)CCCC3.c1ccc2cnncc2c1. The van der Waals surface area contributed by atoms with E-state index in [0.717, 1.165) is 10.8 Å². The molecule has 6 rings (SSSR count). The average molecular weight is 362 g/mol. The van der Waals surface area contributed by atoms with E-state index in [1.54, 1.807) is 23.5 Å². The Morgan fingerprint density at radius 3 is 1.93 bits per heavy atom. The predicted molar refractivity (Wildman–Crippen MR) is 118 cm³/mol. The maximum Gasteiger partial charge on any atom is 0.0574 e. The first-order chi connectivity index (χ1) is 13.9. The third kappa shape index (κ3) is 3.11. The van der Waals surface area contributed by atoms with Crippen LogP contribution in [0, 0.1) is 0 Å². The van der Waals surface area contributed by atoms with E-state index in [-0.39, 0.29) is 0 Å². The molecule has 1 aromatic heterocycles. The lowest BCUT2D eigenvalue weighted by molar-refractivity contribution is 0.690. The third-order valence-corrected chi connectivity index (χ3v) is 5.71. The van der Waals surface area contributed by atoms with Crippen molar-refractivity contribution in [3.05, 3.63) is 96.3 Å². The van der Waals surface area contributed by atoms with Crippen LogP contribution in [0.4, 0.5) is 0 Å². The Morgan fingerprint density at radius 2 is 1.14 bits per heavy atom. The van der Waals surface area contributed by atoms with Gasteiger partial charge in [-0.3, -0.25) is 0 Å². The lowest BCUT2D eigenvalue weighted by atomic mass is 9.86. The van der Waals surface area contributed by atoms with Gasteiger partial charge in [0.05, 0.1) is 12.4 Å². The van der Waals surface area contributed by atoms with Gasteiger partial charge in [-0.2, -0.15) is 10.2 Å². The second-order valence-corrected chi connectivity index (χ2v) is 7.41. The summed E-state index contributed by atoms with van der Waals surface area (Å²) < 4.78 is 0. The van der Waals surface area contributed by atoms with Crippen LogP contribution in [0.5, 0.6) is 0 Å². The van der Waals surface area contributed by atoms with Gasteiger partial charge in [0.25, 0.3) is 0 Å². The van der Waals surface area contributed by atoms with Gasteiger partial charge in [-0.05, 0) is 58.4 Å². The topological polar surface area (TPSA) is 25.8 Å². The molecule has 0 amide bonds. The number of hydrogen-bond acceptors (Lipinski definition) is 2. The van der Waals surface area contributed by atoms with Crippen LogP contribution in [0.15, 0.2) is 85.2 Å². The molecule has 1 aliphatic carbocycles. The van der Waals surface area contributed by atoms with Crippen molar-refractivity contribution in [3.63, 3.8) is 0 Å². The van der Waals surface area contributed by atoms with E-state index in [1.807, 2.05) is 24.3 Å². The molecule has 0 atom stereocenters. The Labute approximate surface area is 164 Å². The summed E-state index contributed by atoms with van der Waals surface area (Å²) in [5, 5.41) is 15.4. The number of aryl methyl sites for hydroxylation is 2. The van der Waals surface area contributed by atoms with E-state index >= 15 is 0 Å². The van der Waals surface area contributed by atoms with E-state index in [0.29, 0.717) is 0 Å². The summed E-state index contributed by atoms with van der Waals surface area (Å²) in [6, 6.07) is 26.0. The fourth-order valence-corrected chi connectivity index (χ4v) is 4.28. The minimum absolute atomic E-state index is 1.14. The third-order valence-electron chi connectivity index (χ3n) is 5.71. The fourth-order valence-electron chi connectivity index (χ4n) is 4.28. The lowest BCUT2D eigenvalue weighted by Crippen LogP contribution is -2.02. The minimum Gasteiger partial charge on any atom is -0.158 e. The summed E-state index contributed by atoms with van der Waals surface area (Å²) in [5.41, 5.74) is 3.17. The van der Waals surface area contributed by atoms with E-state index in [1.165, 1.54) is 47.2 Å². The number of rotatable bonds is 0. The Balaban J connectivity index is 0.000000145. The molecule has 28 heavy (non-hydrogen) atoms. The van der Waals surface area contributed by atoms with Crippen LogP contribution < -0.4 is 0 Å². The Kier molecular flexibility index (Phi) is 4.46. The average Bonchev–Trinajstić information content (AvgIpc) is 2.79. The minimum atomic E-state index is 1.14. The van der Waals surface area contributed by atoms with E-state index in [2.05, 4.69) is 58.7 Å². The molecule has 0 saturated carbocycles. The van der Waals surface area contributed by atoms with Gasteiger partial charge in [-0.1, -0.05) is 72.8 Å². The van der Waals surface area contributed by atoms with Crippen LogP contribution in [0.25, 0.3) is 32.3 Å². The van der Waals surface area contributed by atoms with Crippen molar-refractivity contribution in [1.29, 1.82) is 0 Å². The molecule has 1 heterocycles. The molecule has 0 saturated heterocycles. The lowest BCUT2D eigenvalue weighted by Gasteiger charge is -2.18. The van der Waals surface area contributed by atoms with Crippen LogP contribution in [-0.2, 0) is 12.8 Å². The van der Waals surface area contributed by atoms with Gasteiger partial charge in [0, 0.05) is 10.8 Å². The Morgan fingerprint density at radius 1 is 0.500 bits per heavy atom. The van der Waals surface area contributed by atoms with Crippen LogP contribution in [0.1, 0.15) is 24.0 Å². The molecule has 5 aromatic rings. The number of fused-ring (bicyclic) bond motifs is 6. The van der Waals surface area contributed by atoms with Gasteiger partial charge in [0.15, 0.2) is 0 Å². The molecule has 1 aliphatic rings. The molecule has 2 heteroatoms. The summed E-state index contributed by atoms with van der Waals surface area (Å²) in [5.74, 6) is 0. The molecule has 136 valence electrons. The van der Waals surface area contributed by atoms with Crippen LogP contribution >= 0.6 is 0 Å². The summed E-state index contributed by atoms with van der Waals surface area (Å²) in [7, 11) is 0. The molecule has 0 spiro atoms. The van der Waals surface area contributed by atoms with Gasteiger partial charge in [0.2, 0.25) is 0 Å². The summed E-state index contributed by atoms with van der Waals surface area (Å²) in [4.78, 5) is 0. The fraction of sp³-hybridized carbons (Fsp3) is 0.154. The van der Waals surface area contributed by atoms with Crippen molar-refractivity contribution in [2.75, 3.05) is 0 Å². The summed E-state index contributed by atoms with van der Waals surface area (Å²) in [6.45, 7) is 0. The van der Waals surface area contributed by atoms with E-state index in [4.69, 9.17) is 0 Å². The zero-order valence-corrected chi connectivity index (χ0v) is 15.8. The second-order valence-electron chi connectivity index (χ2n) is 7.41. The normalized spacial score (nSPS) is 13.1. The molecule has 0 unspecified atom stereocenters. The number of nitrogens with zero attached hydrogens (tertiary/aromatic N) is 2. The molecule has 0 N–H and O–H groups in total.